The maximum atomic E-state index is 13.6. The first kappa shape index (κ1) is 26.9. The largest absolute Gasteiger partial charge is 0.434 e. The molecule has 5 aromatic rings. The Hall–Kier alpha value is -4.65. The summed E-state index contributed by atoms with van der Waals surface area (Å²) >= 11 is 0. The van der Waals surface area contributed by atoms with Gasteiger partial charge in [0.05, 0.1) is 21.7 Å². The third-order valence-electron chi connectivity index (χ3n) is 6.08. The van der Waals surface area contributed by atoms with Crippen LogP contribution in [0.1, 0.15) is 29.3 Å². The zero-order valence-corrected chi connectivity index (χ0v) is 22.3. The number of aryl methyl sites for hydroxylation is 2. The zero-order chi connectivity index (χ0) is 28.4. The molecule has 2 aromatic carbocycles. The van der Waals surface area contributed by atoms with Crippen LogP contribution < -0.4 is 10.1 Å². The number of hydrogen-bond acceptors (Lipinski definition) is 7. The number of sulfone groups is 1. The van der Waals surface area contributed by atoms with Gasteiger partial charge in [-0.3, -0.25) is 9.48 Å². The number of aromatic nitrogens is 5. The van der Waals surface area contributed by atoms with Crippen molar-refractivity contribution < 1.29 is 26.7 Å². The smallest absolute Gasteiger partial charge is 0.387 e. The van der Waals surface area contributed by atoms with Gasteiger partial charge in [0.2, 0.25) is 9.84 Å². The standard InChI is InChI=1S/C27H24F2N6O4S/c1-3-6-17-7-4-8-18(13-17)40(37,38)19-9-10-23(39-27(28)29)20(14-19)24-22(16-34(2)33-24)32-26(36)21-15-31-35-12-5-11-30-25(21)35/h4-5,7-16,27H,3,6H2,1-2H3,(H,32,36). The Morgan fingerprint density at radius 1 is 1.12 bits per heavy atom. The predicted molar refractivity (Wildman–Crippen MR) is 142 cm³/mol. The minimum Gasteiger partial charge on any atom is -0.434 e. The molecule has 5 rings (SSSR count). The maximum absolute atomic E-state index is 13.6. The minimum atomic E-state index is -4.03. The van der Waals surface area contributed by atoms with Crippen LogP contribution in [0.4, 0.5) is 14.5 Å². The second-order valence-electron chi connectivity index (χ2n) is 8.90. The number of fused-ring (bicyclic) bond motifs is 1. The fourth-order valence-corrected chi connectivity index (χ4v) is 5.67. The topological polar surface area (TPSA) is 120 Å². The molecule has 13 heteroatoms. The van der Waals surface area contributed by atoms with Crippen LogP contribution >= 0.6 is 0 Å². The van der Waals surface area contributed by atoms with Gasteiger partial charge in [0.1, 0.15) is 17.0 Å². The van der Waals surface area contributed by atoms with Crippen molar-refractivity contribution in [1.29, 1.82) is 0 Å². The summed E-state index contributed by atoms with van der Waals surface area (Å²) in [6.45, 7) is -1.19. The summed E-state index contributed by atoms with van der Waals surface area (Å²) in [6.07, 6.45) is 7.50. The van der Waals surface area contributed by atoms with E-state index in [1.165, 1.54) is 46.0 Å². The number of alkyl halides is 2. The summed E-state index contributed by atoms with van der Waals surface area (Å²) in [5, 5.41) is 11.1. The van der Waals surface area contributed by atoms with Gasteiger partial charge in [0.15, 0.2) is 5.65 Å². The van der Waals surface area contributed by atoms with Crippen LogP contribution in [0, 0.1) is 0 Å². The average molecular weight is 567 g/mol. The predicted octanol–water partition coefficient (Wildman–Crippen LogP) is 4.77. The van der Waals surface area contributed by atoms with E-state index in [2.05, 4.69) is 20.5 Å². The number of carbonyl (C=O) groups excluding carboxylic acids is 1. The number of carbonyl (C=O) groups is 1. The van der Waals surface area contributed by atoms with Crippen molar-refractivity contribution in [3.05, 3.63) is 84.4 Å². The summed E-state index contributed by atoms with van der Waals surface area (Å²) in [5.41, 5.74) is 1.47. The average Bonchev–Trinajstić information content (AvgIpc) is 3.52. The number of ether oxygens (including phenoxy) is 1. The molecule has 0 saturated heterocycles. The van der Waals surface area contributed by atoms with Crippen LogP contribution in [0.3, 0.4) is 0 Å². The first-order valence-corrected chi connectivity index (χ1v) is 13.7. The fraction of sp³-hybridized carbons (Fsp3) is 0.185. The van der Waals surface area contributed by atoms with E-state index in [-0.39, 0.29) is 38.0 Å². The van der Waals surface area contributed by atoms with E-state index in [4.69, 9.17) is 4.74 Å². The first-order chi connectivity index (χ1) is 19.2. The van der Waals surface area contributed by atoms with E-state index >= 15 is 0 Å². The molecule has 40 heavy (non-hydrogen) atoms. The van der Waals surface area contributed by atoms with E-state index in [9.17, 15) is 22.0 Å². The van der Waals surface area contributed by atoms with E-state index in [1.807, 2.05) is 13.0 Å². The highest BCUT2D eigenvalue weighted by Crippen LogP contribution is 2.38. The number of halogens is 2. The lowest BCUT2D eigenvalue weighted by Crippen LogP contribution is -2.12. The molecule has 206 valence electrons. The molecule has 0 aliphatic carbocycles. The summed E-state index contributed by atoms with van der Waals surface area (Å²) in [7, 11) is -2.46. The van der Waals surface area contributed by atoms with Gasteiger partial charge in [-0.25, -0.2) is 17.9 Å². The molecule has 0 bridgehead atoms. The molecule has 0 saturated carbocycles. The zero-order valence-electron chi connectivity index (χ0n) is 21.5. The van der Waals surface area contributed by atoms with Crippen molar-refractivity contribution in [2.24, 2.45) is 7.05 Å². The van der Waals surface area contributed by atoms with Crippen molar-refractivity contribution >= 4 is 27.1 Å². The summed E-state index contributed by atoms with van der Waals surface area (Å²) < 4.78 is 61.3. The van der Waals surface area contributed by atoms with Crippen LogP contribution in [-0.2, 0) is 23.3 Å². The quantitative estimate of drug-likeness (QED) is 0.273. The molecule has 0 radical (unpaired) electrons. The van der Waals surface area contributed by atoms with Gasteiger partial charge in [-0.1, -0.05) is 25.5 Å². The Morgan fingerprint density at radius 3 is 2.70 bits per heavy atom. The van der Waals surface area contributed by atoms with Gasteiger partial charge in [-0.15, -0.1) is 0 Å². The van der Waals surface area contributed by atoms with Crippen LogP contribution in [0.2, 0.25) is 0 Å². The fourth-order valence-electron chi connectivity index (χ4n) is 4.31. The van der Waals surface area contributed by atoms with Gasteiger partial charge >= 0.3 is 6.61 Å². The molecule has 0 atom stereocenters. The second kappa shape index (κ2) is 10.8. The SMILES string of the molecule is CCCc1cccc(S(=O)(=O)c2ccc(OC(F)F)c(-c3nn(C)cc3NC(=O)c3cnn4cccnc34)c2)c1. The lowest BCUT2D eigenvalue weighted by Gasteiger charge is -2.14. The van der Waals surface area contributed by atoms with Crippen molar-refractivity contribution in [2.45, 2.75) is 36.2 Å². The Kier molecular flexibility index (Phi) is 7.30. The van der Waals surface area contributed by atoms with E-state index in [0.717, 1.165) is 18.1 Å². The van der Waals surface area contributed by atoms with E-state index < -0.39 is 22.4 Å². The Morgan fingerprint density at radius 2 is 1.93 bits per heavy atom. The second-order valence-corrected chi connectivity index (χ2v) is 10.9. The number of benzene rings is 2. The number of nitrogens with zero attached hydrogens (tertiary/aromatic N) is 5. The van der Waals surface area contributed by atoms with Crippen LogP contribution in [0.15, 0.2) is 83.1 Å². The van der Waals surface area contributed by atoms with E-state index in [1.54, 1.807) is 31.4 Å². The molecule has 0 spiro atoms. The molecule has 3 heterocycles. The van der Waals surface area contributed by atoms with Crippen LogP contribution in [-0.4, -0.2) is 45.3 Å². The molecule has 1 amide bonds. The lowest BCUT2D eigenvalue weighted by molar-refractivity contribution is -0.0494. The lowest BCUT2D eigenvalue weighted by atomic mass is 10.1. The normalized spacial score (nSPS) is 11.7. The van der Waals surface area contributed by atoms with Gasteiger partial charge in [0, 0.05) is 31.2 Å². The monoisotopic (exact) mass is 566 g/mol. The van der Waals surface area contributed by atoms with Gasteiger partial charge in [-0.05, 0) is 48.4 Å². The van der Waals surface area contributed by atoms with Crippen molar-refractivity contribution in [2.75, 3.05) is 5.32 Å². The van der Waals surface area contributed by atoms with Gasteiger partial charge in [-0.2, -0.15) is 19.0 Å². The van der Waals surface area contributed by atoms with Crippen LogP contribution in [0.5, 0.6) is 5.75 Å². The van der Waals surface area contributed by atoms with Crippen molar-refractivity contribution in [3.8, 4) is 17.0 Å². The number of nitrogens with one attached hydrogen (secondary N) is 1. The molecule has 0 fully saturated rings. The molecule has 10 nitrogen and oxygen atoms in total. The molecular formula is C27H24F2N6O4S. The van der Waals surface area contributed by atoms with Crippen molar-refractivity contribution in [1.82, 2.24) is 24.4 Å². The molecule has 0 aliphatic rings. The minimum absolute atomic E-state index is 0.0349. The summed E-state index contributed by atoms with van der Waals surface area (Å²) in [5.74, 6) is -0.878. The maximum Gasteiger partial charge on any atom is 0.387 e. The highest BCUT2D eigenvalue weighted by molar-refractivity contribution is 7.91. The Labute approximate surface area is 228 Å². The number of hydrogen-bond donors (Lipinski definition) is 1. The first-order valence-electron chi connectivity index (χ1n) is 12.2. The third kappa shape index (κ3) is 5.27. The van der Waals surface area contributed by atoms with E-state index in [0.29, 0.717) is 12.1 Å². The number of amides is 1. The number of rotatable bonds is 9. The van der Waals surface area contributed by atoms with Gasteiger partial charge in [0.25, 0.3) is 5.91 Å². The summed E-state index contributed by atoms with van der Waals surface area (Å²) in [4.78, 5) is 17.2. The highest BCUT2D eigenvalue weighted by Gasteiger charge is 2.25. The molecule has 3 aromatic heterocycles. The Balaban J connectivity index is 1.58. The Bertz CT molecular complexity index is 1820. The van der Waals surface area contributed by atoms with Crippen molar-refractivity contribution in [3.63, 3.8) is 0 Å². The third-order valence-corrected chi connectivity index (χ3v) is 7.83. The highest BCUT2D eigenvalue weighted by atomic mass is 32.2. The summed E-state index contributed by atoms with van der Waals surface area (Å²) in [6, 6.07) is 11.8. The van der Waals surface area contributed by atoms with Crippen LogP contribution in [0.25, 0.3) is 16.9 Å². The molecular weight excluding hydrogens is 542 g/mol. The number of anilines is 1. The molecule has 1 N–H and O–H groups in total. The molecule has 0 aliphatic heterocycles. The molecule has 0 unspecified atom stereocenters. The van der Waals surface area contributed by atoms with Gasteiger partial charge < -0.3 is 10.1 Å².